The Morgan fingerprint density at radius 2 is 2.00 bits per heavy atom. The maximum Gasteiger partial charge on any atom is 0.160 e. The average molecular weight is 370 g/mol. The Bertz CT molecular complexity index is 1000. The minimum atomic E-state index is 0.123. The van der Waals surface area contributed by atoms with Crippen LogP contribution in [0.2, 0.25) is 0 Å². The second kappa shape index (κ2) is 8.53. The Balaban J connectivity index is 1.43. The molecule has 0 spiro atoms. The van der Waals surface area contributed by atoms with Crippen molar-refractivity contribution in [2.75, 3.05) is 6.61 Å². The van der Waals surface area contributed by atoms with Crippen molar-refractivity contribution < 1.29 is 9.53 Å². The van der Waals surface area contributed by atoms with Crippen LogP contribution in [-0.2, 0) is 17.8 Å². The molecule has 2 aromatic carbocycles. The molecule has 1 aromatic heterocycles. The summed E-state index contributed by atoms with van der Waals surface area (Å²) in [6.45, 7) is 1.50. The molecule has 0 bridgehead atoms. The molecule has 0 N–H and O–H groups in total. The van der Waals surface area contributed by atoms with Gasteiger partial charge in [-0.15, -0.1) is 0 Å². The lowest BCUT2D eigenvalue weighted by Gasteiger charge is -2.16. The van der Waals surface area contributed by atoms with Crippen LogP contribution in [0.1, 0.15) is 23.1 Å². The van der Waals surface area contributed by atoms with Gasteiger partial charge in [-0.2, -0.15) is 0 Å². The van der Waals surface area contributed by atoms with Crippen LogP contribution >= 0.6 is 0 Å². The number of rotatable bonds is 7. The molecule has 0 unspecified atom stereocenters. The standard InChI is InChI=1S/C24H22N2O2/c27-22-15-20(8-7-19-5-2-1-3-6-19)24-10-9-23(17-21(24)16-22)28-14-4-12-26-13-11-25-18-26/h1-3,5-11,13,15,17-18H,4,12,14,16H2. The summed E-state index contributed by atoms with van der Waals surface area (Å²) in [6.07, 6.45) is 12.6. The summed E-state index contributed by atoms with van der Waals surface area (Å²) in [6, 6.07) is 16.1. The lowest BCUT2D eigenvalue weighted by atomic mass is 9.89. The number of carbonyl (C=O) groups excluding carboxylic acids is 1. The number of ether oxygens (including phenoxy) is 1. The van der Waals surface area contributed by atoms with Gasteiger partial charge in [-0.1, -0.05) is 48.6 Å². The largest absolute Gasteiger partial charge is 0.494 e. The number of nitrogens with zero attached hydrogens (tertiary/aromatic N) is 2. The van der Waals surface area contributed by atoms with Crippen molar-refractivity contribution in [3.8, 4) is 5.75 Å². The topological polar surface area (TPSA) is 44.1 Å². The number of aryl methyl sites for hydroxylation is 1. The third-order valence-corrected chi connectivity index (χ3v) is 4.71. The van der Waals surface area contributed by atoms with Crippen molar-refractivity contribution in [2.45, 2.75) is 19.4 Å². The fourth-order valence-electron chi connectivity index (χ4n) is 3.32. The second-order valence-corrected chi connectivity index (χ2v) is 6.81. The van der Waals surface area contributed by atoms with Crippen LogP contribution < -0.4 is 4.74 Å². The molecule has 0 aliphatic heterocycles. The molecule has 1 aliphatic carbocycles. The first-order valence-corrected chi connectivity index (χ1v) is 9.47. The summed E-state index contributed by atoms with van der Waals surface area (Å²) in [5.74, 6) is 0.933. The van der Waals surface area contributed by atoms with E-state index in [-0.39, 0.29) is 5.78 Å². The molecule has 0 saturated heterocycles. The highest BCUT2D eigenvalue weighted by atomic mass is 16.5. The van der Waals surface area contributed by atoms with Crippen molar-refractivity contribution >= 4 is 17.4 Å². The number of carbonyl (C=O) groups is 1. The molecule has 4 rings (SSSR count). The molecule has 1 aliphatic rings. The summed E-state index contributed by atoms with van der Waals surface area (Å²) in [4.78, 5) is 16.2. The van der Waals surface area contributed by atoms with E-state index in [0.717, 1.165) is 41.0 Å². The van der Waals surface area contributed by atoms with Crippen LogP contribution in [0.25, 0.3) is 11.6 Å². The first-order valence-electron chi connectivity index (χ1n) is 9.47. The van der Waals surface area contributed by atoms with Crippen molar-refractivity contribution in [3.63, 3.8) is 0 Å². The van der Waals surface area contributed by atoms with Crippen LogP contribution in [0.3, 0.4) is 0 Å². The molecule has 0 atom stereocenters. The van der Waals surface area contributed by atoms with Crippen LogP contribution in [0.4, 0.5) is 0 Å². The summed E-state index contributed by atoms with van der Waals surface area (Å²) in [7, 11) is 0. The first kappa shape index (κ1) is 18.0. The predicted octanol–water partition coefficient (Wildman–Crippen LogP) is 4.57. The van der Waals surface area contributed by atoms with Crippen molar-refractivity contribution in [1.82, 2.24) is 9.55 Å². The van der Waals surface area contributed by atoms with Gasteiger partial charge in [-0.25, -0.2) is 4.98 Å². The van der Waals surface area contributed by atoms with Crippen LogP contribution in [0.15, 0.2) is 79.4 Å². The molecule has 0 radical (unpaired) electrons. The van der Waals surface area contributed by atoms with E-state index in [0.29, 0.717) is 13.0 Å². The van der Waals surface area contributed by atoms with Crippen molar-refractivity contribution in [1.29, 1.82) is 0 Å². The molecule has 3 aromatic rings. The Morgan fingerprint density at radius 1 is 1.11 bits per heavy atom. The van der Waals surface area contributed by atoms with Crippen molar-refractivity contribution in [3.05, 3.63) is 96.1 Å². The minimum Gasteiger partial charge on any atom is -0.494 e. The maximum absolute atomic E-state index is 12.2. The van der Waals surface area contributed by atoms with Crippen molar-refractivity contribution in [2.24, 2.45) is 0 Å². The molecule has 28 heavy (non-hydrogen) atoms. The van der Waals surface area contributed by atoms with Crippen LogP contribution in [0.5, 0.6) is 5.75 Å². The number of hydrogen-bond acceptors (Lipinski definition) is 3. The third-order valence-electron chi connectivity index (χ3n) is 4.71. The molecule has 4 nitrogen and oxygen atoms in total. The number of aromatic nitrogens is 2. The lowest BCUT2D eigenvalue weighted by molar-refractivity contribution is -0.114. The van der Waals surface area contributed by atoms with E-state index in [1.807, 2.05) is 71.4 Å². The summed E-state index contributed by atoms with van der Waals surface area (Å²) in [5, 5.41) is 0. The van der Waals surface area contributed by atoms with Gasteiger partial charge in [0.15, 0.2) is 5.78 Å². The Kier molecular flexibility index (Phi) is 5.48. The van der Waals surface area contributed by atoms with E-state index in [4.69, 9.17) is 4.74 Å². The molecular weight excluding hydrogens is 348 g/mol. The zero-order valence-electron chi connectivity index (χ0n) is 15.6. The fraction of sp³-hybridized carbons (Fsp3) is 0.167. The Morgan fingerprint density at radius 3 is 2.82 bits per heavy atom. The summed E-state index contributed by atoms with van der Waals surface area (Å²) >= 11 is 0. The van der Waals surface area contributed by atoms with Gasteiger partial charge in [0.2, 0.25) is 0 Å². The second-order valence-electron chi connectivity index (χ2n) is 6.81. The molecule has 4 heteroatoms. The van der Waals surface area contributed by atoms with Crippen LogP contribution in [-0.4, -0.2) is 21.9 Å². The van der Waals surface area contributed by atoms with E-state index >= 15 is 0 Å². The Hall–Kier alpha value is -3.40. The zero-order chi connectivity index (χ0) is 19.2. The number of imidazole rings is 1. The van der Waals surface area contributed by atoms with Gasteiger partial charge in [0.05, 0.1) is 12.9 Å². The van der Waals surface area contributed by atoms with E-state index in [1.54, 1.807) is 18.6 Å². The zero-order valence-corrected chi connectivity index (χ0v) is 15.6. The molecule has 1 heterocycles. The fourth-order valence-corrected chi connectivity index (χ4v) is 3.32. The molecular formula is C24H22N2O2. The average Bonchev–Trinajstić information content (AvgIpc) is 3.23. The Labute approximate surface area is 164 Å². The summed E-state index contributed by atoms with van der Waals surface area (Å²) in [5.41, 5.74) is 4.17. The van der Waals surface area contributed by atoms with E-state index < -0.39 is 0 Å². The predicted molar refractivity (Wildman–Crippen MR) is 111 cm³/mol. The minimum absolute atomic E-state index is 0.123. The highest BCUT2D eigenvalue weighted by Crippen LogP contribution is 2.30. The smallest absolute Gasteiger partial charge is 0.160 e. The van der Waals surface area contributed by atoms with Gasteiger partial charge < -0.3 is 9.30 Å². The van der Waals surface area contributed by atoms with Gasteiger partial charge in [0, 0.05) is 25.4 Å². The monoisotopic (exact) mass is 370 g/mol. The SMILES string of the molecule is O=C1C=C(C=Cc2ccccc2)c2ccc(OCCCn3ccnc3)cc2C1. The highest BCUT2D eigenvalue weighted by Gasteiger charge is 2.16. The van der Waals surface area contributed by atoms with Crippen LogP contribution in [0, 0.1) is 0 Å². The molecule has 0 amide bonds. The van der Waals surface area contributed by atoms with E-state index in [1.165, 1.54) is 0 Å². The summed E-state index contributed by atoms with van der Waals surface area (Å²) < 4.78 is 7.92. The maximum atomic E-state index is 12.2. The van der Waals surface area contributed by atoms with Gasteiger partial charge in [0.1, 0.15) is 5.75 Å². The van der Waals surface area contributed by atoms with Gasteiger partial charge in [-0.3, -0.25) is 4.79 Å². The lowest BCUT2D eigenvalue weighted by Crippen LogP contribution is -2.09. The highest BCUT2D eigenvalue weighted by molar-refractivity contribution is 6.04. The molecule has 0 fully saturated rings. The molecule has 140 valence electrons. The molecule has 0 saturated carbocycles. The number of hydrogen-bond donors (Lipinski definition) is 0. The van der Waals surface area contributed by atoms with E-state index in [2.05, 4.69) is 4.98 Å². The van der Waals surface area contributed by atoms with Gasteiger partial charge >= 0.3 is 0 Å². The first-order chi connectivity index (χ1) is 13.8. The van der Waals surface area contributed by atoms with Gasteiger partial charge in [-0.05, 0) is 46.9 Å². The quantitative estimate of drug-likeness (QED) is 0.572. The number of benzene rings is 2. The van der Waals surface area contributed by atoms with E-state index in [9.17, 15) is 4.79 Å². The van der Waals surface area contributed by atoms with Gasteiger partial charge in [0.25, 0.3) is 0 Å². The number of ketones is 1. The normalized spacial score (nSPS) is 13.4. The third kappa shape index (κ3) is 4.46. The number of fused-ring (bicyclic) bond motifs is 1. The number of allylic oxidation sites excluding steroid dienone is 3.